The zero-order valence-corrected chi connectivity index (χ0v) is 14.5. The Morgan fingerprint density at radius 3 is 2.68 bits per heavy atom. The predicted molar refractivity (Wildman–Crippen MR) is 86.9 cm³/mol. The van der Waals surface area contributed by atoms with Gasteiger partial charge in [0.2, 0.25) is 0 Å². The maximum Gasteiger partial charge on any atom is 0.314 e. The summed E-state index contributed by atoms with van der Waals surface area (Å²) < 4.78 is 12.2. The first-order chi connectivity index (χ1) is 10.5. The van der Waals surface area contributed by atoms with Crippen molar-refractivity contribution in [3.05, 3.63) is 21.7 Å². The molecule has 1 heterocycles. The van der Waals surface area contributed by atoms with Crippen LogP contribution in [-0.2, 0) is 16.6 Å². The quantitative estimate of drug-likeness (QED) is 0.873. The van der Waals surface area contributed by atoms with Crippen LogP contribution in [0.1, 0.15) is 50.2 Å². The molecule has 1 atom stereocenters. The summed E-state index contributed by atoms with van der Waals surface area (Å²) in [5.74, 6) is 0.660. The summed E-state index contributed by atoms with van der Waals surface area (Å²) in [7, 11) is 1.61. The fraction of sp³-hybridized carbons (Fsp3) is 0.588. The lowest BCUT2D eigenvalue weighted by Gasteiger charge is -2.35. The minimum Gasteiger partial charge on any atom is -0.493 e. The number of hydrogen-bond acceptors (Lipinski definition) is 3. The van der Waals surface area contributed by atoms with Crippen LogP contribution < -0.4 is 9.47 Å². The molecule has 1 fully saturated rings. The Hall–Kier alpha value is -1.23. The highest BCUT2D eigenvalue weighted by Gasteiger charge is 2.44. The number of rotatable bonds is 3. The molecular formula is C17H21BrO4. The van der Waals surface area contributed by atoms with Gasteiger partial charge < -0.3 is 14.6 Å². The summed E-state index contributed by atoms with van der Waals surface area (Å²) in [6, 6.07) is 1.86. The Morgan fingerprint density at radius 1 is 1.41 bits per heavy atom. The van der Waals surface area contributed by atoms with Gasteiger partial charge in [-0.25, -0.2) is 0 Å². The topological polar surface area (TPSA) is 55.8 Å². The van der Waals surface area contributed by atoms with Crippen molar-refractivity contribution in [1.82, 2.24) is 0 Å². The van der Waals surface area contributed by atoms with Crippen LogP contribution in [0.25, 0.3) is 0 Å². The lowest BCUT2D eigenvalue weighted by molar-refractivity contribution is -0.145. The first-order valence-electron chi connectivity index (χ1n) is 7.79. The van der Waals surface area contributed by atoms with Crippen LogP contribution in [0.15, 0.2) is 10.5 Å². The van der Waals surface area contributed by atoms with Crippen LogP contribution in [0, 0.1) is 0 Å². The van der Waals surface area contributed by atoms with Crippen LogP contribution >= 0.6 is 15.9 Å². The molecule has 1 aromatic carbocycles. The fourth-order valence-corrected chi connectivity index (χ4v) is 4.60. The van der Waals surface area contributed by atoms with Crippen molar-refractivity contribution in [3.8, 4) is 11.5 Å². The van der Waals surface area contributed by atoms with Crippen LogP contribution in [-0.4, -0.2) is 24.3 Å². The largest absolute Gasteiger partial charge is 0.493 e. The number of carboxylic acid groups (broad SMARTS) is 1. The zero-order chi connectivity index (χ0) is 15.9. The van der Waals surface area contributed by atoms with E-state index < -0.39 is 11.4 Å². The van der Waals surface area contributed by atoms with Crippen molar-refractivity contribution in [2.45, 2.75) is 57.0 Å². The molecule has 5 heteroatoms. The van der Waals surface area contributed by atoms with Crippen molar-refractivity contribution >= 4 is 21.9 Å². The second-order valence-corrected chi connectivity index (χ2v) is 7.12. The molecule has 0 aromatic heterocycles. The number of hydrogen-bond donors (Lipinski definition) is 1. The lowest BCUT2D eigenvalue weighted by atomic mass is 9.69. The van der Waals surface area contributed by atoms with E-state index in [1.54, 1.807) is 7.11 Å². The third-order valence-electron chi connectivity index (χ3n) is 4.94. The third-order valence-corrected chi connectivity index (χ3v) is 5.84. The molecule has 0 saturated heterocycles. The first kappa shape index (κ1) is 15.7. The van der Waals surface area contributed by atoms with Gasteiger partial charge in [-0.2, -0.15) is 0 Å². The van der Waals surface area contributed by atoms with Crippen molar-refractivity contribution in [3.63, 3.8) is 0 Å². The second kappa shape index (κ2) is 5.76. The van der Waals surface area contributed by atoms with Crippen molar-refractivity contribution in [2.75, 3.05) is 7.11 Å². The molecule has 22 heavy (non-hydrogen) atoms. The monoisotopic (exact) mass is 368 g/mol. The number of aliphatic carboxylic acids is 1. The Kier molecular flexibility index (Phi) is 4.10. The van der Waals surface area contributed by atoms with E-state index in [1.165, 1.54) is 0 Å². The van der Waals surface area contributed by atoms with Gasteiger partial charge in [0.15, 0.2) is 11.5 Å². The first-order valence-corrected chi connectivity index (χ1v) is 8.59. The molecule has 0 bridgehead atoms. The Bertz CT molecular complexity index is 605. The SMILES string of the molecule is COc1cc(C2(C(=O)O)CCCCC2)c(Br)c2c1OC(C)C2. The Labute approximate surface area is 138 Å². The van der Waals surface area contributed by atoms with E-state index in [4.69, 9.17) is 9.47 Å². The summed E-state index contributed by atoms with van der Waals surface area (Å²) >= 11 is 3.66. The van der Waals surface area contributed by atoms with Gasteiger partial charge in [0.05, 0.1) is 12.5 Å². The summed E-state index contributed by atoms with van der Waals surface area (Å²) in [6.45, 7) is 2.01. The van der Waals surface area contributed by atoms with Gasteiger partial charge in [-0.05, 0) is 31.4 Å². The molecule has 3 rings (SSSR count). The molecule has 0 radical (unpaired) electrons. The summed E-state index contributed by atoms with van der Waals surface area (Å²) in [6.07, 6.45) is 5.22. The van der Waals surface area contributed by atoms with Crippen molar-refractivity contribution in [1.29, 1.82) is 0 Å². The molecule has 1 N–H and O–H groups in total. The Balaban J connectivity index is 2.18. The van der Waals surface area contributed by atoms with Crippen LogP contribution in [0.2, 0.25) is 0 Å². The van der Waals surface area contributed by atoms with Gasteiger partial charge in [-0.15, -0.1) is 0 Å². The molecule has 1 aliphatic heterocycles. The fourth-order valence-electron chi connectivity index (χ4n) is 3.77. The molecule has 1 unspecified atom stereocenters. The average Bonchev–Trinajstić information content (AvgIpc) is 2.90. The van der Waals surface area contributed by atoms with Crippen LogP contribution in [0.3, 0.4) is 0 Å². The van der Waals surface area contributed by atoms with E-state index in [2.05, 4.69) is 15.9 Å². The summed E-state index contributed by atoms with van der Waals surface area (Å²) in [5.41, 5.74) is 1.06. The molecule has 0 amide bonds. The van der Waals surface area contributed by atoms with E-state index in [-0.39, 0.29) is 6.10 Å². The summed E-state index contributed by atoms with van der Waals surface area (Å²) in [5, 5.41) is 9.94. The number of carbonyl (C=O) groups is 1. The molecule has 1 aromatic rings. The molecule has 120 valence electrons. The number of carboxylic acids is 1. The molecular weight excluding hydrogens is 348 g/mol. The molecule has 0 spiro atoms. The van der Waals surface area contributed by atoms with E-state index >= 15 is 0 Å². The van der Waals surface area contributed by atoms with Crippen LogP contribution in [0.5, 0.6) is 11.5 Å². The van der Waals surface area contributed by atoms with Gasteiger partial charge in [-0.3, -0.25) is 4.79 Å². The molecule has 2 aliphatic rings. The molecule has 1 saturated carbocycles. The third kappa shape index (κ3) is 2.30. The standard InChI is InChI=1S/C17H21BrO4/c1-10-8-11-14(18)12(9-13(21-2)15(11)22-10)17(16(19)20)6-4-3-5-7-17/h9-10H,3-8H2,1-2H3,(H,19,20). The highest BCUT2D eigenvalue weighted by molar-refractivity contribution is 9.10. The maximum absolute atomic E-state index is 12.1. The molecule has 4 nitrogen and oxygen atoms in total. The minimum atomic E-state index is -0.814. The van der Waals surface area contributed by atoms with Crippen LogP contribution in [0.4, 0.5) is 0 Å². The highest BCUT2D eigenvalue weighted by atomic mass is 79.9. The van der Waals surface area contributed by atoms with Gasteiger partial charge in [0.1, 0.15) is 6.10 Å². The normalized spacial score (nSPS) is 22.8. The van der Waals surface area contributed by atoms with Gasteiger partial charge in [0.25, 0.3) is 0 Å². The van der Waals surface area contributed by atoms with Gasteiger partial charge in [0, 0.05) is 16.5 Å². The van der Waals surface area contributed by atoms with E-state index in [9.17, 15) is 9.90 Å². The number of fused-ring (bicyclic) bond motifs is 1. The number of halogens is 1. The minimum absolute atomic E-state index is 0.0857. The smallest absolute Gasteiger partial charge is 0.314 e. The number of ether oxygens (including phenoxy) is 2. The van der Waals surface area contributed by atoms with Gasteiger partial charge in [-0.1, -0.05) is 35.2 Å². The zero-order valence-electron chi connectivity index (χ0n) is 12.9. The number of methoxy groups -OCH3 is 1. The predicted octanol–water partition coefficient (Wildman–Crippen LogP) is 4.07. The highest BCUT2D eigenvalue weighted by Crippen LogP contribution is 2.50. The second-order valence-electron chi connectivity index (χ2n) is 6.33. The Morgan fingerprint density at radius 2 is 2.09 bits per heavy atom. The van der Waals surface area contributed by atoms with E-state index in [1.807, 2.05) is 13.0 Å². The maximum atomic E-state index is 12.1. The van der Waals surface area contributed by atoms with E-state index in [0.717, 1.165) is 47.0 Å². The van der Waals surface area contributed by atoms with Crippen molar-refractivity contribution < 1.29 is 19.4 Å². The lowest BCUT2D eigenvalue weighted by Crippen LogP contribution is -2.38. The van der Waals surface area contributed by atoms with E-state index in [0.29, 0.717) is 18.6 Å². The van der Waals surface area contributed by atoms with Crippen molar-refractivity contribution in [2.24, 2.45) is 0 Å². The molecule has 1 aliphatic carbocycles. The average molecular weight is 369 g/mol. The van der Waals surface area contributed by atoms with Gasteiger partial charge >= 0.3 is 5.97 Å². The number of benzene rings is 1. The summed E-state index contributed by atoms with van der Waals surface area (Å²) in [4.78, 5) is 12.1.